The number of aliphatic hydroxyl groups is 8. The lowest BCUT2D eigenvalue weighted by Gasteiger charge is -2.50. The van der Waals surface area contributed by atoms with E-state index in [1.807, 2.05) is 0 Å². The molecule has 3 rings (SSSR count). The molecule has 0 amide bonds. The molecule has 17 heteroatoms. The Morgan fingerprint density at radius 2 is 1.62 bits per heavy atom. The van der Waals surface area contributed by atoms with Crippen LogP contribution in [0.5, 0.6) is 0 Å². The zero-order valence-electron chi connectivity index (χ0n) is 24.1. The van der Waals surface area contributed by atoms with Crippen LogP contribution in [0, 0.1) is 0 Å². The molecular formula is C25H51N5O12. The summed E-state index contributed by atoms with van der Waals surface area (Å²) < 4.78 is 23.4. The summed E-state index contributed by atoms with van der Waals surface area (Å²) in [6.07, 6.45) is -13.0. The monoisotopic (exact) mass is 613 g/mol. The fraction of sp³-hybridized carbons (Fsp3) is 1.00. The largest absolute Gasteiger partial charge is 0.395 e. The molecular weight excluding hydrogens is 562 g/mol. The van der Waals surface area contributed by atoms with Gasteiger partial charge in [0.2, 0.25) is 0 Å². The maximum absolute atomic E-state index is 11.5. The smallest absolute Gasteiger partial charge is 0.187 e. The molecule has 0 spiro atoms. The summed E-state index contributed by atoms with van der Waals surface area (Å²) in [7, 11) is 1.56. The fourth-order valence-electron chi connectivity index (χ4n) is 5.77. The van der Waals surface area contributed by atoms with Crippen molar-refractivity contribution in [2.24, 2.45) is 11.5 Å². The molecule has 3 aliphatic rings. The van der Waals surface area contributed by atoms with Crippen molar-refractivity contribution >= 4 is 0 Å². The predicted molar refractivity (Wildman–Crippen MR) is 146 cm³/mol. The number of rotatable bonds is 14. The average Bonchev–Trinajstić information content (AvgIpc) is 2.95. The van der Waals surface area contributed by atoms with Crippen molar-refractivity contribution < 1.29 is 59.8 Å². The molecule has 42 heavy (non-hydrogen) atoms. The summed E-state index contributed by atoms with van der Waals surface area (Å²) in [6.45, 7) is 1.56. The van der Waals surface area contributed by atoms with Gasteiger partial charge in [-0.15, -0.1) is 0 Å². The van der Waals surface area contributed by atoms with Crippen LogP contribution >= 0.6 is 0 Å². The Balaban J connectivity index is 1.79. The van der Waals surface area contributed by atoms with Crippen molar-refractivity contribution in [3.05, 3.63) is 0 Å². The molecule has 0 bridgehead atoms. The normalized spacial score (nSPS) is 44.9. The average molecular weight is 614 g/mol. The van der Waals surface area contributed by atoms with E-state index in [0.29, 0.717) is 19.5 Å². The molecule has 17 nitrogen and oxygen atoms in total. The van der Waals surface area contributed by atoms with Crippen molar-refractivity contribution in [2.45, 2.75) is 111 Å². The lowest BCUT2D eigenvalue weighted by atomic mass is 9.83. The van der Waals surface area contributed by atoms with E-state index in [1.54, 1.807) is 7.05 Å². The molecule has 0 aromatic rings. The molecule has 14 atom stereocenters. The van der Waals surface area contributed by atoms with E-state index in [-0.39, 0.29) is 19.6 Å². The van der Waals surface area contributed by atoms with E-state index >= 15 is 0 Å². The highest BCUT2D eigenvalue weighted by molar-refractivity contribution is 5.03. The molecule has 0 aromatic carbocycles. The highest BCUT2D eigenvalue weighted by Crippen LogP contribution is 2.32. The first-order valence-electron chi connectivity index (χ1n) is 14.4. The van der Waals surface area contributed by atoms with Gasteiger partial charge in [0.05, 0.1) is 31.9 Å². The Morgan fingerprint density at radius 1 is 0.952 bits per heavy atom. The van der Waals surface area contributed by atoms with Crippen molar-refractivity contribution in [2.75, 3.05) is 46.5 Å². The second-order valence-corrected chi connectivity index (χ2v) is 11.6. The van der Waals surface area contributed by atoms with Crippen molar-refractivity contribution in [1.29, 1.82) is 0 Å². The van der Waals surface area contributed by atoms with Gasteiger partial charge < -0.3 is 87.2 Å². The Bertz CT molecular complexity index is 801. The summed E-state index contributed by atoms with van der Waals surface area (Å²) in [4.78, 5) is 0. The number of hydrogen-bond acceptors (Lipinski definition) is 17. The van der Waals surface area contributed by atoms with Gasteiger partial charge >= 0.3 is 0 Å². The van der Waals surface area contributed by atoms with Crippen LogP contribution in [0.3, 0.4) is 0 Å². The Hall–Kier alpha value is -0.680. The fourth-order valence-corrected chi connectivity index (χ4v) is 5.77. The van der Waals surface area contributed by atoms with Crippen LogP contribution in [-0.4, -0.2) is 179 Å². The molecule has 2 aliphatic heterocycles. The first-order chi connectivity index (χ1) is 19.9. The SMILES string of the molecule is CN[C@@H]1[C@@H](O)[C@@H](O[C@@H]2[C@@H](O)[C@H](O[C@H]3O[C@H](CNCCCN)[C@@H](O)[C@H](O)[C@H]3O)[C@@H](N)C[C@H]2NC(CO)CO)OC[C@]1(C)O. The van der Waals surface area contributed by atoms with Gasteiger partial charge in [0, 0.05) is 18.6 Å². The van der Waals surface area contributed by atoms with Crippen molar-refractivity contribution in [3.63, 3.8) is 0 Å². The van der Waals surface area contributed by atoms with E-state index in [9.17, 15) is 40.9 Å². The van der Waals surface area contributed by atoms with Crippen molar-refractivity contribution in [1.82, 2.24) is 16.0 Å². The summed E-state index contributed by atoms with van der Waals surface area (Å²) in [5.41, 5.74) is 10.5. The van der Waals surface area contributed by atoms with E-state index in [2.05, 4.69) is 16.0 Å². The van der Waals surface area contributed by atoms with Crippen LogP contribution in [0.2, 0.25) is 0 Å². The standard InChI is InChI=1S/C25H51N5O12/c1-25(38)10-39-23(19(37)22(25)28-2)42-21-13(30-11(8-31)9-32)6-12(27)20(18(21)36)41-24-17(35)16(34)15(33)14(40-24)7-29-5-3-4-26/h11-24,28-38H,3-10,26-27H2,1-2H3/t12-,13+,14+,15+,16-,17+,18-,19+,20+,21-,22+,23+,24+,25-/m0/s1. The quantitative estimate of drug-likeness (QED) is 0.0810. The summed E-state index contributed by atoms with van der Waals surface area (Å²) in [5, 5.41) is 92.7. The zero-order valence-corrected chi connectivity index (χ0v) is 24.1. The molecule has 1 saturated carbocycles. The third kappa shape index (κ3) is 8.32. The van der Waals surface area contributed by atoms with Gasteiger partial charge in [-0.2, -0.15) is 0 Å². The Kier molecular flexibility index (Phi) is 13.7. The number of hydrogen-bond donors (Lipinski definition) is 13. The maximum Gasteiger partial charge on any atom is 0.187 e. The van der Waals surface area contributed by atoms with Crippen LogP contribution in [0.1, 0.15) is 19.8 Å². The second kappa shape index (κ2) is 16.1. The number of nitrogens with one attached hydrogen (secondary N) is 3. The summed E-state index contributed by atoms with van der Waals surface area (Å²) >= 11 is 0. The minimum atomic E-state index is -1.68. The van der Waals surface area contributed by atoms with Gasteiger partial charge in [0.25, 0.3) is 0 Å². The number of likely N-dealkylation sites (N-methyl/N-ethyl adjacent to an activating group) is 1. The first kappa shape index (κ1) is 35.8. The number of aliphatic hydroxyl groups excluding tert-OH is 7. The zero-order chi connectivity index (χ0) is 31.2. The van der Waals surface area contributed by atoms with E-state index in [0.717, 1.165) is 0 Å². The molecule has 1 aliphatic carbocycles. The number of nitrogens with two attached hydrogens (primary N) is 2. The van der Waals surface area contributed by atoms with Gasteiger partial charge in [0.1, 0.15) is 54.4 Å². The Morgan fingerprint density at radius 3 is 2.24 bits per heavy atom. The summed E-state index contributed by atoms with van der Waals surface area (Å²) in [5.74, 6) is 0. The van der Waals surface area contributed by atoms with Gasteiger partial charge in [-0.3, -0.25) is 0 Å². The van der Waals surface area contributed by atoms with Crippen LogP contribution in [0.25, 0.3) is 0 Å². The van der Waals surface area contributed by atoms with Gasteiger partial charge in [-0.25, -0.2) is 0 Å². The Labute approximate surface area is 245 Å². The number of ether oxygens (including phenoxy) is 4. The minimum absolute atomic E-state index is 0.0803. The maximum atomic E-state index is 11.5. The first-order valence-corrected chi connectivity index (χ1v) is 14.4. The molecule has 15 N–H and O–H groups in total. The van der Waals surface area contributed by atoms with Crippen molar-refractivity contribution in [3.8, 4) is 0 Å². The molecule has 0 unspecified atom stereocenters. The molecule has 0 aromatic heterocycles. The van der Waals surface area contributed by atoms with Gasteiger partial charge in [-0.1, -0.05) is 0 Å². The van der Waals surface area contributed by atoms with Crippen LogP contribution in [0.15, 0.2) is 0 Å². The molecule has 248 valence electrons. The van der Waals surface area contributed by atoms with Crippen LogP contribution in [0.4, 0.5) is 0 Å². The van der Waals surface area contributed by atoms with E-state index in [4.69, 9.17) is 30.4 Å². The lowest BCUT2D eigenvalue weighted by molar-refractivity contribution is -0.331. The van der Waals surface area contributed by atoms with Crippen LogP contribution < -0.4 is 27.4 Å². The lowest BCUT2D eigenvalue weighted by Crippen LogP contribution is -2.70. The predicted octanol–water partition coefficient (Wildman–Crippen LogP) is -7.04. The second-order valence-electron chi connectivity index (χ2n) is 11.6. The van der Waals surface area contributed by atoms with Crippen LogP contribution in [-0.2, 0) is 18.9 Å². The highest BCUT2D eigenvalue weighted by atomic mass is 16.7. The third-order valence-corrected chi connectivity index (χ3v) is 8.20. The molecule has 3 fully saturated rings. The summed E-state index contributed by atoms with van der Waals surface area (Å²) in [6, 6.07) is -3.28. The molecule has 2 heterocycles. The van der Waals surface area contributed by atoms with E-state index in [1.165, 1.54) is 6.92 Å². The third-order valence-electron chi connectivity index (χ3n) is 8.20. The molecule has 2 saturated heterocycles. The van der Waals surface area contributed by atoms with Gasteiger partial charge in [-0.05, 0) is 39.9 Å². The van der Waals surface area contributed by atoms with E-state index < -0.39 is 104 Å². The molecule has 0 radical (unpaired) electrons. The topological polar surface area (TPSA) is 287 Å². The highest BCUT2D eigenvalue weighted by Gasteiger charge is 2.53. The minimum Gasteiger partial charge on any atom is -0.395 e. The van der Waals surface area contributed by atoms with Gasteiger partial charge in [0.15, 0.2) is 12.6 Å².